The number of benzene rings is 2. The number of hydrogen-bond acceptors (Lipinski definition) is 4. The van der Waals surface area contributed by atoms with Gasteiger partial charge in [0.05, 0.1) is 4.90 Å². The smallest absolute Gasteiger partial charge is 0.224 e. The zero-order valence-corrected chi connectivity index (χ0v) is 16.1. The van der Waals surface area contributed by atoms with Crippen molar-refractivity contribution >= 4 is 37.5 Å². The highest BCUT2D eigenvalue weighted by atomic mass is 35.5. The van der Waals surface area contributed by atoms with Gasteiger partial charge in [0, 0.05) is 22.7 Å². The van der Waals surface area contributed by atoms with Crippen LogP contribution in [0.3, 0.4) is 0 Å². The van der Waals surface area contributed by atoms with Gasteiger partial charge in [0.1, 0.15) is 0 Å². The molecule has 5 nitrogen and oxygen atoms in total. The van der Waals surface area contributed by atoms with E-state index < -0.39 is 25.9 Å². The molecule has 1 N–H and O–H groups in total. The van der Waals surface area contributed by atoms with E-state index in [0.29, 0.717) is 16.1 Å². The van der Waals surface area contributed by atoms with Gasteiger partial charge in [0.2, 0.25) is 10.0 Å². The molecule has 0 aliphatic heterocycles. The summed E-state index contributed by atoms with van der Waals surface area (Å²) >= 11 is 5.79. The van der Waals surface area contributed by atoms with E-state index in [9.17, 15) is 16.8 Å². The second-order valence-electron chi connectivity index (χ2n) is 5.58. The molecule has 0 fully saturated rings. The van der Waals surface area contributed by atoms with Gasteiger partial charge < -0.3 is 0 Å². The summed E-state index contributed by atoms with van der Waals surface area (Å²) in [5.41, 5.74) is 1.37. The van der Waals surface area contributed by atoms with Gasteiger partial charge in [-0.25, -0.2) is 21.6 Å². The van der Waals surface area contributed by atoms with E-state index in [-0.39, 0.29) is 4.90 Å². The Kier molecular flexibility index (Phi) is 6.05. The molecule has 1 atom stereocenters. The molecule has 8 heteroatoms. The number of hydrogen-bond donors (Lipinski definition) is 1. The van der Waals surface area contributed by atoms with Crippen molar-refractivity contribution in [3.8, 4) is 0 Å². The van der Waals surface area contributed by atoms with Crippen LogP contribution in [0.2, 0.25) is 5.02 Å². The van der Waals surface area contributed by atoms with Crippen molar-refractivity contribution in [3.05, 3.63) is 70.1 Å². The van der Waals surface area contributed by atoms with Crippen molar-refractivity contribution in [2.75, 3.05) is 6.26 Å². The first-order valence-electron chi connectivity index (χ1n) is 7.33. The van der Waals surface area contributed by atoms with Gasteiger partial charge in [0.15, 0.2) is 9.84 Å². The predicted octanol–water partition coefficient (Wildman–Crippen LogP) is 3.39. The van der Waals surface area contributed by atoms with Crippen LogP contribution >= 0.6 is 11.6 Å². The molecule has 0 bridgehead atoms. The van der Waals surface area contributed by atoms with Gasteiger partial charge in [-0.05, 0) is 48.4 Å². The molecule has 0 saturated carbocycles. The summed E-state index contributed by atoms with van der Waals surface area (Å²) in [5.74, 6) is 0. The molecule has 2 rings (SSSR count). The largest absolute Gasteiger partial charge is 0.234 e. The Hall–Kier alpha value is -1.67. The Morgan fingerprint density at radius 2 is 1.52 bits per heavy atom. The van der Waals surface area contributed by atoms with E-state index >= 15 is 0 Å². The van der Waals surface area contributed by atoms with Gasteiger partial charge >= 0.3 is 0 Å². The van der Waals surface area contributed by atoms with E-state index in [1.54, 1.807) is 43.3 Å². The number of nitrogens with one attached hydrogen (secondary N) is 1. The molecule has 0 radical (unpaired) electrons. The van der Waals surface area contributed by atoms with Gasteiger partial charge in [-0.2, -0.15) is 0 Å². The zero-order valence-electron chi connectivity index (χ0n) is 13.7. The van der Waals surface area contributed by atoms with Gasteiger partial charge in [-0.15, -0.1) is 0 Å². The van der Waals surface area contributed by atoms with E-state index in [1.165, 1.54) is 18.2 Å². The van der Waals surface area contributed by atoms with Crippen LogP contribution in [0.15, 0.2) is 58.8 Å². The first-order chi connectivity index (χ1) is 11.6. The molecule has 0 aromatic heterocycles. The summed E-state index contributed by atoms with van der Waals surface area (Å²) in [7, 11) is -6.94. The van der Waals surface area contributed by atoms with Crippen molar-refractivity contribution in [2.24, 2.45) is 0 Å². The third-order valence-electron chi connectivity index (χ3n) is 3.46. The van der Waals surface area contributed by atoms with Crippen molar-refractivity contribution in [1.82, 2.24) is 4.72 Å². The lowest BCUT2D eigenvalue weighted by atomic mass is 10.1. The van der Waals surface area contributed by atoms with Crippen molar-refractivity contribution in [3.63, 3.8) is 0 Å². The minimum Gasteiger partial charge on any atom is -0.224 e. The second kappa shape index (κ2) is 7.70. The third kappa shape index (κ3) is 5.97. The Morgan fingerprint density at radius 3 is 2.04 bits per heavy atom. The van der Waals surface area contributed by atoms with Crippen LogP contribution in [-0.2, 0) is 19.9 Å². The van der Waals surface area contributed by atoms with Crippen LogP contribution < -0.4 is 4.72 Å². The van der Waals surface area contributed by atoms with Crippen LogP contribution in [0.1, 0.15) is 24.1 Å². The Balaban J connectivity index is 2.10. The first kappa shape index (κ1) is 19.7. The Morgan fingerprint density at radius 1 is 0.960 bits per heavy atom. The summed E-state index contributed by atoms with van der Waals surface area (Å²) in [6.07, 6.45) is 2.59. The number of sulfonamides is 1. The number of rotatable bonds is 6. The van der Waals surface area contributed by atoms with Crippen LogP contribution in [0.4, 0.5) is 0 Å². The molecule has 0 aliphatic carbocycles. The number of sulfone groups is 1. The second-order valence-corrected chi connectivity index (χ2v) is 9.63. The fourth-order valence-corrected chi connectivity index (χ4v) is 3.90. The maximum Gasteiger partial charge on any atom is 0.234 e. The summed E-state index contributed by atoms with van der Waals surface area (Å²) in [6, 6.07) is 12.4. The van der Waals surface area contributed by atoms with Crippen LogP contribution in [0.25, 0.3) is 6.08 Å². The van der Waals surface area contributed by atoms with E-state index in [0.717, 1.165) is 11.7 Å². The van der Waals surface area contributed by atoms with Gasteiger partial charge in [0.25, 0.3) is 0 Å². The summed E-state index contributed by atoms with van der Waals surface area (Å²) in [4.78, 5) is 0.189. The highest BCUT2D eigenvalue weighted by Gasteiger charge is 2.14. The Labute approximate surface area is 153 Å². The molecule has 0 amide bonds. The van der Waals surface area contributed by atoms with E-state index in [1.807, 2.05) is 0 Å². The molecule has 2 aromatic carbocycles. The fraction of sp³-hybridized carbons (Fsp3) is 0.176. The average molecular weight is 400 g/mol. The van der Waals surface area contributed by atoms with Gasteiger partial charge in [-0.1, -0.05) is 35.9 Å². The first-order valence-corrected chi connectivity index (χ1v) is 11.1. The SMILES string of the molecule is CC(NS(=O)(=O)/C=C/c1ccc(Cl)cc1)c1ccc(S(C)(=O)=O)cc1. The molecule has 2 aromatic rings. The molecule has 0 saturated heterocycles. The summed E-state index contributed by atoms with van der Waals surface area (Å²) in [6.45, 7) is 1.68. The normalized spacial score (nSPS) is 13.9. The third-order valence-corrected chi connectivity index (χ3v) is 6.02. The molecule has 0 heterocycles. The van der Waals surface area contributed by atoms with Gasteiger partial charge in [-0.3, -0.25) is 0 Å². The standard InChI is InChI=1S/C17H18ClNO4S2/c1-13(15-5-9-17(10-6-15)24(2,20)21)19-25(22,23)12-11-14-3-7-16(18)8-4-14/h3-13,19H,1-2H3/b12-11+. The molecule has 0 aliphatic rings. The van der Waals surface area contributed by atoms with E-state index in [4.69, 9.17) is 11.6 Å². The highest BCUT2D eigenvalue weighted by Crippen LogP contribution is 2.17. The zero-order chi connectivity index (χ0) is 18.7. The molecule has 25 heavy (non-hydrogen) atoms. The lowest BCUT2D eigenvalue weighted by molar-refractivity contribution is 0.576. The molecular weight excluding hydrogens is 382 g/mol. The number of halogens is 1. The minimum atomic E-state index is -3.66. The molecule has 134 valence electrons. The maximum atomic E-state index is 12.2. The van der Waals surface area contributed by atoms with Crippen molar-refractivity contribution < 1.29 is 16.8 Å². The van der Waals surface area contributed by atoms with Crippen molar-refractivity contribution in [1.29, 1.82) is 0 Å². The average Bonchev–Trinajstić information content (AvgIpc) is 2.53. The summed E-state index contributed by atoms with van der Waals surface area (Å²) in [5, 5.41) is 1.65. The fourth-order valence-electron chi connectivity index (χ4n) is 2.10. The maximum absolute atomic E-state index is 12.2. The van der Waals surface area contributed by atoms with Crippen LogP contribution in [0.5, 0.6) is 0 Å². The van der Waals surface area contributed by atoms with Crippen molar-refractivity contribution in [2.45, 2.75) is 17.9 Å². The van der Waals surface area contributed by atoms with E-state index in [2.05, 4.69) is 4.72 Å². The Bertz CT molecular complexity index is 964. The van der Waals surface area contributed by atoms with Crippen LogP contribution in [-0.4, -0.2) is 23.1 Å². The lowest BCUT2D eigenvalue weighted by Crippen LogP contribution is -2.24. The lowest BCUT2D eigenvalue weighted by Gasteiger charge is -2.13. The topological polar surface area (TPSA) is 80.3 Å². The summed E-state index contributed by atoms with van der Waals surface area (Å²) < 4.78 is 49.8. The minimum absolute atomic E-state index is 0.189. The van der Waals surface area contributed by atoms with Crippen LogP contribution in [0, 0.1) is 0 Å². The molecule has 1 unspecified atom stereocenters. The highest BCUT2D eigenvalue weighted by molar-refractivity contribution is 7.92. The predicted molar refractivity (Wildman–Crippen MR) is 101 cm³/mol. The molecule has 0 spiro atoms. The molecular formula is C17H18ClNO4S2. The monoisotopic (exact) mass is 399 g/mol. The quantitative estimate of drug-likeness (QED) is 0.807.